The molecule has 0 N–H and O–H groups in total. The molecule has 0 spiro atoms. The van der Waals surface area contributed by atoms with Crippen molar-refractivity contribution >= 4 is 20.9 Å². The Hall–Kier alpha value is -2.25. The Labute approximate surface area is 141 Å². The van der Waals surface area contributed by atoms with Gasteiger partial charge in [0, 0.05) is 43.5 Å². The van der Waals surface area contributed by atoms with E-state index in [2.05, 4.69) is 10.1 Å². The van der Waals surface area contributed by atoms with Gasteiger partial charge in [0.25, 0.3) is 0 Å². The number of nitrogens with zero attached hydrogens (tertiary/aromatic N) is 4. The predicted octanol–water partition coefficient (Wildman–Crippen LogP) is 2.41. The van der Waals surface area contributed by atoms with Crippen LogP contribution in [0, 0.1) is 13.8 Å². The Morgan fingerprint density at radius 2 is 1.88 bits per heavy atom. The number of para-hydroxylation sites is 1. The quantitative estimate of drug-likeness (QED) is 0.729. The van der Waals surface area contributed by atoms with Gasteiger partial charge in [-0.2, -0.15) is 9.40 Å². The standard InChI is InChI=1S/C17H20N4O2S/c1-12-15(13(2)21(4)19-12)11-20(3)24(22,23)16-9-5-7-14-8-6-10-18-17(14)16/h5-10H,11H2,1-4H3. The Bertz CT molecular complexity index is 1000. The van der Waals surface area contributed by atoms with Crippen LogP contribution < -0.4 is 0 Å². The summed E-state index contributed by atoms with van der Waals surface area (Å²) in [6, 6.07) is 8.85. The van der Waals surface area contributed by atoms with Crippen molar-refractivity contribution in [1.29, 1.82) is 0 Å². The Morgan fingerprint density at radius 3 is 2.54 bits per heavy atom. The van der Waals surface area contributed by atoms with Crippen LogP contribution in [0.3, 0.4) is 0 Å². The van der Waals surface area contributed by atoms with E-state index < -0.39 is 10.0 Å². The molecular formula is C17H20N4O2S. The number of hydrogen-bond donors (Lipinski definition) is 0. The minimum Gasteiger partial charge on any atom is -0.272 e. The van der Waals surface area contributed by atoms with Crippen LogP contribution in [0.15, 0.2) is 41.4 Å². The van der Waals surface area contributed by atoms with Crippen molar-refractivity contribution in [2.24, 2.45) is 7.05 Å². The predicted molar refractivity (Wildman–Crippen MR) is 93.1 cm³/mol. The first kappa shape index (κ1) is 16.6. The van der Waals surface area contributed by atoms with Crippen molar-refractivity contribution in [2.45, 2.75) is 25.3 Å². The average Bonchev–Trinajstić information content (AvgIpc) is 2.80. The van der Waals surface area contributed by atoms with Crippen LogP contribution in [-0.2, 0) is 23.6 Å². The van der Waals surface area contributed by atoms with Gasteiger partial charge in [-0.1, -0.05) is 18.2 Å². The zero-order valence-corrected chi connectivity index (χ0v) is 15.0. The summed E-state index contributed by atoms with van der Waals surface area (Å²) < 4.78 is 29.2. The molecule has 2 aromatic heterocycles. The number of aromatic nitrogens is 3. The molecule has 0 aliphatic carbocycles. The van der Waals surface area contributed by atoms with Crippen molar-refractivity contribution < 1.29 is 8.42 Å². The molecule has 6 nitrogen and oxygen atoms in total. The monoisotopic (exact) mass is 344 g/mol. The highest BCUT2D eigenvalue weighted by atomic mass is 32.2. The molecule has 0 unspecified atom stereocenters. The van der Waals surface area contributed by atoms with E-state index in [4.69, 9.17) is 0 Å². The van der Waals surface area contributed by atoms with Gasteiger partial charge in [-0.25, -0.2) is 8.42 Å². The molecule has 0 saturated carbocycles. The molecule has 0 aliphatic heterocycles. The molecule has 0 fully saturated rings. The van der Waals surface area contributed by atoms with Crippen molar-refractivity contribution in [3.8, 4) is 0 Å². The van der Waals surface area contributed by atoms with Crippen LogP contribution >= 0.6 is 0 Å². The van der Waals surface area contributed by atoms with Crippen molar-refractivity contribution in [2.75, 3.05) is 7.05 Å². The van der Waals surface area contributed by atoms with Crippen molar-refractivity contribution in [3.63, 3.8) is 0 Å². The lowest BCUT2D eigenvalue weighted by molar-refractivity contribution is 0.465. The van der Waals surface area contributed by atoms with Gasteiger partial charge in [-0.15, -0.1) is 0 Å². The van der Waals surface area contributed by atoms with Gasteiger partial charge in [-0.05, 0) is 26.0 Å². The first-order valence-electron chi connectivity index (χ1n) is 7.61. The van der Waals surface area contributed by atoms with Crippen LogP contribution in [0.2, 0.25) is 0 Å². The normalized spacial score (nSPS) is 12.2. The third kappa shape index (κ3) is 2.70. The zero-order valence-electron chi connectivity index (χ0n) is 14.2. The number of aryl methyl sites for hydroxylation is 2. The molecular weight excluding hydrogens is 324 g/mol. The lowest BCUT2D eigenvalue weighted by Crippen LogP contribution is -2.27. The zero-order chi connectivity index (χ0) is 17.5. The van der Waals surface area contributed by atoms with Gasteiger partial charge in [0.05, 0.1) is 11.2 Å². The SMILES string of the molecule is Cc1nn(C)c(C)c1CN(C)S(=O)(=O)c1cccc2cccnc12. The van der Waals surface area contributed by atoms with Gasteiger partial charge in [0.2, 0.25) is 10.0 Å². The molecule has 0 atom stereocenters. The van der Waals surface area contributed by atoms with E-state index in [9.17, 15) is 8.42 Å². The molecule has 3 aromatic rings. The van der Waals surface area contributed by atoms with E-state index in [1.165, 1.54) is 4.31 Å². The number of sulfonamides is 1. The van der Waals surface area contributed by atoms with Crippen molar-refractivity contribution in [3.05, 3.63) is 53.5 Å². The summed E-state index contributed by atoms with van der Waals surface area (Å²) in [7, 11) is -0.212. The van der Waals surface area contributed by atoms with Crippen LogP contribution in [0.5, 0.6) is 0 Å². The molecule has 0 aliphatic rings. The Balaban J connectivity index is 2.03. The highest BCUT2D eigenvalue weighted by molar-refractivity contribution is 7.89. The van der Waals surface area contributed by atoms with E-state index in [-0.39, 0.29) is 11.4 Å². The summed E-state index contributed by atoms with van der Waals surface area (Å²) >= 11 is 0. The van der Waals surface area contributed by atoms with Gasteiger partial charge < -0.3 is 0 Å². The minimum absolute atomic E-state index is 0.224. The van der Waals surface area contributed by atoms with Crippen molar-refractivity contribution in [1.82, 2.24) is 19.1 Å². The summed E-state index contributed by atoms with van der Waals surface area (Å²) in [6.07, 6.45) is 1.61. The second-order valence-corrected chi connectivity index (χ2v) is 7.88. The summed E-state index contributed by atoms with van der Waals surface area (Å²) in [5.41, 5.74) is 3.22. The fourth-order valence-corrected chi connectivity index (χ4v) is 4.11. The molecule has 0 radical (unpaired) electrons. The largest absolute Gasteiger partial charge is 0.272 e. The van der Waals surface area contributed by atoms with Crippen LogP contribution in [0.25, 0.3) is 10.9 Å². The molecule has 1 aromatic carbocycles. The third-order valence-corrected chi connectivity index (χ3v) is 6.16. The number of rotatable bonds is 4. The second kappa shape index (κ2) is 5.99. The van der Waals surface area contributed by atoms with Gasteiger partial charge in [0.15, 0.2) is 0 Å². The lowest BCUT2D eigenvalue weighted by atomic mass is 10.2. The van der Waals surface area contributed by atoms with E-state index in [1.54, 1.807) is 36.1 Å². The maximum atomic E-state index is 13.0. The maximum Gasteiger partial charge on any atom is 0.245 e. The molecule has 24 heavy (non-hydrogen) atoms. The number of pyridine rings is 1. The fraction of sp³-hybridized carbons (Fsp3) is 0.294. The molecule has 126 valence electrons. The van der Waals surface area contributed by atoms with E-state index >= 15 is 0 Å². The van der Waals surface area contributed by atoms with Crippen LogP contribution in [0.4, 0.5) is 0 Å². The van der Waals surface area contributed by atoms with Crippen LogP contribution in [-0.4, -0.2) is 34.5 Å². The van der Waals surface area contributed by atoms with Gasteiger partial charge >= 0.3 is 0 Å². The highest BCUT2D eigenvalue weighted by Gasteiger charge is 2.25. The van der Waals surface area contributed by atoms with Crippen LogP contribution in [0.1, 0.15) is 17.0 Å². The second-order valence-electron chi connectivity index (χ2n) is 5.87. The van der Waals surface area contributed by atoms with Gasteiger partial charge in [-0.3, -0.25) is 9.67 Å². The smallest absolute Gasteiger partial charge is 0.245 e. The summed E-state index contributed by atoms with van der Waals surface area (Å²) in [5, 5.41) is 5.16. The third-order valence-electron chi connectivity index (χ3n) is 4.32. The molecule has 3 rings (SSSR count). The molecule has 0 saturated heterocycles. The summed E-state index contributed by atoms with van der Waals surface area (Å²) in [5.74, 6) is 0. The minimum atomic E-state index is -3.65. The average molecular weight is 344 g/mol. The fourth-order valence-electron chi connectivity index (χ4n) is 2.81. The highest BCUT2D eigenvalue weighted by Crippen LogP contribution is 2.25. The van der Waals surface area contributed by atoms with E-state index in [0.717, 1.165) is 22.3 Å². The molecule has 7 heteroatoms. The summed E-state index contributed by atoms with van der Waals surface area (Å²) in [6.45, 7) is 4.11. The number of benzene rings is 1. The first-order chi connectivity index (χ1) is 11.3. The van der Waals surface area contributed by atoms with E-state index in [1.807, 2.05) is 33.0 Å². The first-order valence-corrected chi connectivity index (χ1v) is 9.05. The number of hydrogen-bond acceptors (Lipinski definition) is 4. The van der Waals surface area contributed by atoms with Gasteiger partial charge in [0.1, 0.15) is 4.90 Å². The summed E-state index contributed by atoms with van der Waals surface area (Å²) in [4.78, 5) is 4.48. The molecule has 2 heterocycles. The maximum absolute atomic E-state index is 13.0. The Morgan fingerprint density at radius 1 is 1.17 bits per heavy atom. The molecule has 0 amide bonds. The molecule has 0 bridgehead atoms. The van der Waals surface area contributed by atoms with E-state index in [0.29, 0.717) is 5.52 Å². The number of fused-ring (bicyclic) bond motifs is 1. The Kier molecular flexibility index (Phi) is 4.15. The lowest BCUT2D eigenvalue weighted by Gasteiger charge is -2.18. The topological polar surface area (TPSA) is 68.1 Å².